The van der Waals surface area contributed by atoms with Crippen molar-refractivity contribution in [3.05, 3.63) is 54.0 Å². The standard InChI is InChI=1S/C19H24N6O4/c1-19(2,3)29-18(27)24-15-9-6-7-13(23-15)11-28-25-16(17(20)22-12-26)14-8-4-5-10-21-14/h4-10,26H,11-12H2,1-3H3,(H2,20,22)(H,23,24,27)/b25-16+. The van der Waals surface area contributed by atoms with E-state index in [0.29, 0.717) is 17.2 Å². The molecule has 2 aromatic heterocycles. The maximum Gasteiger partial charge on any atom is 0.413 e. The van der Waals surface area contributed by atoms with Gasteiger partial charge in [0.15, 0.2) is 18.2 Å². The van der Waals surface area contributed by atoms with E-state index in [0.717, 1.165) is 0 Å². The summed E-state index contributed by atoms with van der Waals surface area (Å²) in [7, 11) is 0. The largest absolute Gasteiger partial charge is 0.444 e. The maximum absolute atomic E-state index is 11.9. The number of nitrogens with zero attached hydrogens (tertiary/aromatic N) is 4. The molecule has 0 saturated heterocycles. The highest BCUT2D eigenvalue weighted by molar-refractivity contribution is 6.46. The lowest BCUT2D eigenvalue weighted by Crippen LogP contribution is -2.27. The number of aliphatic hydroxyl groups is 1. The monoisotopic (exact) mass is 400 g/mol. The number of aromatic nitrogens is 2. The Labute approximate surface area is 168 Å². The number of amidine groups is 1. The second kappa shape index (κ2) is 10.1. The SMILES string of the molecule is CC(C)(C)OC(=O)Nc1cccc(CO/N=C(/C(N)=NCO)c2ccccn2)n1. The topological polar surface area (TPSA) is 144 Å². The molecule has 0 bridgehead atoms. The molecule has 0 unspecified atom stereocenters. The van der Waals surface area contributed by atoms with Gasteiger partial charge in [-0.1, -0.05) is 17.3 Å². The van der Waals surface area contributed by atoms with Crippen molar-refractivity contribution in [1.29, 1.82) is 0 Å². The summed E-state index contributed by atoms with van der Waals surface area (Å²) in [6.45, 7) is 4.83. The van der Waals surface area contributed by atoms with Gasteiger partial charge in [-0.2, -0.15) is 0 Å². The number of aliphatic hydroxyl groups excluding tert-OH is 1. The molecule has 1 amide bonds. The molecule has 2 aromatic rings. The molecule has 0 saturated carbocycles. The number of carbonyl (C=O) groups excluding carboxylic acids is 1. The van der Waals surface area contributed by atoms with E-state index in [1.54, 1.807) is 63.4 Å². The summed E-state index contributed by atoms with van der Waals surface area (Å²) in [6.07, 6.45) is 0.969. The number of hydrogen-bond donors (Lipinski definition) is 3. The highest BCUT2D eigenvalue weighted by atomic mass is 16.6. The number of hydrogen-bond acceptors (Lipinski definition) is 8. The molecular formula is C19H24N6O4. The molecule has 0 aromatic carbocycles. The summed E-state index contributed by atoms with van der Waals surface area (Å²) in [5.41, 5.74) is 6.36. The van der Waals surface area contributed by atoms with Crippen molar-refractivity contribution >= 4 is 23.5 Å². The van der Waals surface area contributed by atoms with Crippen molar-refractivity contribution in [1.82, 2.24) is 9.97 Å². The molecule has 29 heavy (non-hydrogen) atoms. The van der Waals surface area contributed by atoms with Crippen LogP contribution >= 0.6 is 0 Å². The van der Waals surface area contributed by atoms with Crippen molar-refractivity contribution in [2.24, 2.45) is 15.9 Å². The number of pyridine rings is 2. The molecule has 0 atom stereocenters. The van der Waals surface area contributed by atoms with Crippen LogP contribution in [0.2, 0.25) is 0 Å². The first-order chi connectivity index (χ1) is 13.8. The van der Waals surface area contributed by atoms with E-state index in [2.05, 4.69) is 25.4 Å². The number of ether oxygens (including phenoxy) is 1. The minimum absolute atomic E-state index is 0.00652. The van der Waals surface area contributed by atoms with Crippen LogP contribution in [0.15, 0.2) is 52.7 Å². The predicted octanol–water partition coefficient (Wildman–Crippen LogP) is 2.05. The van der Waals surface area contributed by atoms with Gasteiger partial charge in [-0.15, -0.1) is 0 Å². The van der Waals surface area contributed by atoms with Crippen LogP contribution in [0, 0.1) is 0 Å². The van der Waals surface area contributed by atoms with Crippen LogP contribution in [0.25, 0.3) is 0 Å². The second-order valence-corrected chi connectivity index (χ2v) is 6.75. The number of oxime groups is 1. The quantitative estimate of drug-likeness (QED) is 0.366. The fourth-order valence-electron chi connectivity index (χ4n) is 2.08. The van der Waals surface area contributed by atoms with E-state index in [1.165, 1.54) is 0 Å². The van der Waals surface area contributed by atoms with Gasteiger partial charge in [-0.25, -0.2) is 14.8 Å². The third-order valence-electron chi connectivity index (χ3n) is 3.20. The Balaban J connectivity index is 2.07. The van der Waals surface area contributed by atoms with Crippen LogP contribution in [0.1, 0.15) is 32.2 Å². The van der Waals surface area contributed by atoms with Crippen LogP contribution in [0.5, 0.6) is 0 Å². The third kappa shape index (κ3) is 7.54. The van der Waals surface area contributed by atoms with Gasteiger partial charge in [-0.05, 0) is 45.0 Å². The van der Waals surface area contributed by atoms with E-state index in [4.69, 9.17) is 20.4 Å². The van der Waals surface area contributed by atoms with Gasteiger partial charge in [0.2, 0.25) is 0 Å². The number of amides is 1. The highest BCUT2D eigenvalue weighted by Gasteiger charge is 2.16. The second-order valence-electron chi connectivity index (χ2n) is 6.75. The third-order valence-corrected chi connectivity index (χ3v) is 3.20. The Morgan fingerprint density at radius 1 is 1.24 bits per heavy atom. The lowest BCUT2D eigenvalue weighted by molar-refractivity contribution is 0.0635. The summed E-state index contributed by atoms with van der Waals surface area (Å²) in [5.74, 6) is 0.301. The average Bonchev–Trinajstić information content (AvgIpc) is 2.65. The van der Waals surface area contributed by atoms with Gasteiger partial charge in [0.25, 0.3) is 0 Å². The first-order valence-corrected chi connectivity index (χ1v) is 8.77. The van der Waals surface area contributed by atoms with Gasteiger partial charge in [-0.3, -0.25) is 10.3 Å². The van der Waals surface area contributed by atoms with Crippen LogP contribution in [0.4, 0.5) is 10.6 Å². The molecule has 154 valence electrons. The minimum Gasteiger partial charge on any atom is -0.444 e. The van der Waals surface area contributed by atoms with Crippen LogP contribution in [0.3, 0.4) is 0 Å². The number of carbonyl (C=O) groups is 1. The zero-order valence-corrected chi connectivity index (χ0v) is 16.5. The molecule has 2 rings (SSSR count). The van der Waals surface area contributed by atoms with Gasteiger partial charge < -0.3 is 20.4 Å². The van der Waals surface area contributed by atoms with Gasteiger partial charge >= 0.3 is 6.09 Å². The molecule has 4 N–H and O–H groups in total. The molecule has 0 aliphatic rings. The number of rotatable bonds is 7. The summed E-state index contributed by atoms with van der Waals surface area (Å²) in [5, 5.41) is 15.5. The van der Waals surface area contributed by atoms with E-state index >= 15 is 0 Å². The normalized spacial score (nSPS) is 12.4. The molecular weight excluding hydrogens is 376 g/mol. The Morgan fingerprint density at radius 2 is 2.03 bits per heavy atom. The van der Waals surface area contributed by atoms with Crippen LogP contribution < -0.4 is 11.1 Å². The molecule has 2 heterocycles. The number of anilines is 1. The Hall–Kier alpha value is -3.53. The predicted molar refractivity (Wildman–Crippen MR) is 108 cm³/mol. The number of nitrogens with two attached hydrogens (primary N) is 1. The maximum atomic E-state index is 11.9. The number of aliphatic imine (C=N–C) groups is 1. The molecule has 0 aliphatic carbocycles. The zero-order chi connectivity index (χ0) is 21.3. The lowest BCUT2D eigenvalue weighted by atomic mass is 10.2. The average molecular weight is 400 g/mol. The molecule has 10 nitrogen and oxygen atoms in total. The zero-order valence-electron chi connectivity index (χ0n) is 16.5. The van der Waals surface area contributed by atoms with Crippen molar-refractivity contribution in [3.63, 3.8) is 0 Å². The Kier molecular flexibility index (Phi) is 7.61. The lowest BCUT2D eigenvalue weighted by Gasteiger charge is -2.19. The molecule has 0 fully saturated rings. The summed E-state index contributed by atoms with van der Waals surface area (Å²) in [4.78, 5) is 29.3. The summed E-state index contributed by atoms with van der Waals surface area (Å²) >= 11 is 0. The van der Waals surface area contributed by atoms with Gasteiger partial charge in [0.05, 0.1) is 11.4 Å². The minimum atomic E-state index is -0.614. The fraction of sp³-hybridized carbons (Fsp3) is 0.316. The van der Waals surface area contributed by atoms with Crippen molar-refractivity contribution in [2.45, 2.75) is 33.0 Å². The molecule has 0 spiro atoms. The van der Waals surface area contributed by atoms with Gasteiger partial charge in [0, 0.05) is 6.20 Å². The fourth-order valence-corrected chi connectivity index (χ4v) is 2.08. The molecule has 10 heteroatoms. The Morgan fingerprint density at radius 3 is 2.69 bits per heavy atom. The first-order valence-electron chi connectivity index (χ1n) is 8.77. The van der Waals surface area contributed by atoms with Crippen molar-refractivity contribution in [3.8, 4) is 0 Å². The molecule has 0 aliphatic heterocycles. The number of nitrogens with one attached hydrogen (secondary N) is 1. The Bertz CT molecular complexity index is 878. The van der Waals surface area contributed by atoms with E-state index in [-0.39, 0.29) is 18.2 Å². The summed E-state index contributed by atoms with van der Waals surface area (Å²) in [6, 6.07) is 10.2. The highest BCUT2D eigenvalue weighted by Crippen LogP contribution is 2.11. The van der Waals surface area contributed by atoms with E-state index < -0.39 is 18.4 Å². The van der Waals surface area contributed by atoms with Crippen molar-refractivity contribution in [2.75, 3.05) is 12.0 Å². The van der Waals surface area contributed by atoms with E-state index in [1.807, 2.05) is 0 Å². The summed E-state index contributed by atoms with van der Waals surface area (Å²) < 4.78 is 5.19. The van der Waals surface area contributed by atoms with Gasteiger partial charge in [0.1, 0.15) is 18.1 Å². The van der Waals surface area contributed by atoms with E-state index in [9.17, 15) is 4.79 Å². The first kappa shape index (κ1) is 21.8. The molecule has 0 radical (unpaired) electrons. The van der Waals surface area contributed by atoms with Crippen LogP contribution in [-0.4, -0.2) is 45.0 Å². The van der Waals surface area contributed by atoms with Crippen LogP contribution in [-0.2, 0) is 16.2 Å². The smallest absolute Gasteiger partial charge is 0.413 e. The van der Waals surface area contributed by atoms with Crippen molar-refractivity contribution < 1.29 is 19.5 Å².